The lowest BCUT2D eigenvalue weighted by Crippen LogP contribution is -2.45. The molecule has 0 fully saturated rings. The second-order valence-corrected chi connectivity index (χ2v) is 9.61. The first-order valence-corrected chi connectivity index (χ1v) is 14.0. The molecule has 12 heteroatoms. The third-order valence-electron chi connectivity index (χ3n) is 6.32. The number of rotatable bonds is 12. The summed E-state index contributed by atoms with van der Waals surface area (Å²) in [6, 6.07) is 17.6. The molecule has 0 radical (unpaired) electrons. The Balaban J connectivity index is 1.48. The van der Waals surface area contributed by atoms with Gasteiger partial charge >= 0.3 is 11.9 Å². The van der Waals surface area contributed by atoms with Crippen LogP contribution in [0.25, 0.3) is 10.8 Å². The topological polar surface area (TPSA) is 137 Å². The van der Waals surface area contributed by atoms with Gasteiger partial charge in [0.05, 0.1) is 31.0 Å². The van der Waals surface area contributed by atoms with Crippen LogP contribution in [0.3, 0.4) is 0 Å². The van der Waals surface area contributed by atoms with Crippen LogP contribution in [0.1, 0.15) is 37.9 Å². The Kier molecular flexibility index (Phi) is 10.6. The fourth-order valence-corrected chi connectivity index (χ4v) is 4.75. The maximum atomic E-state index is 12.8. The van der Waals surface area contributed by atoms with Crippen LogP contribution in [0.4, 0.5) is 0 Å². The van der Waals surface area contributed by atoms with Crippen molar-refractivity contribution in [1.82, 2.24) is 16.1 Å². The zero-order valence-electron chi connectivity index (χ0n) is 24.0. The Morgan fingerprint density at radius 1 is 0.930 bits per heavy atom. The molecule has 0 spiro atoms. The number of nitrogens with zero attached hydrogens (tertiary/aromatic N) is 1. The maximum absolute atomic E-state index is 12.8. The van der Waals surface area contributed by atoms with E-state index in [1.807, 2.05) is 30.3 Å². The lowest BCUT2D eigenvalue weighted by molar-refractivity contribution is -0.145. The van der Waals surface area contributed by atoms with E-state index < -0.39 is 23.9 Å². The summed E-state index contributed by atoms with van der Waals surface area (Å²) in [5.41, 5.74) is 4.57. The van der Waals surface area contributed by atoms with Crippen LogP contribution in [0.15, 0.2) is 77.0 Å². The SMILES string of the molecule is CCOC(=O)COc1ccc2ccccc2c1C=NNC(=O)COc1ccccc1[C@@H]1NC(=S)NC(C)=C1C(=O)OCC. The second kappa shape index (κ2) is 14.8. The third-order valence-corrected chi connectivity index (χ3v) is 6.54. The van der Waals surface area contributed by atoms with Crippen LogP contribution in [0.2, 0.25) is 0 Å². The summed E-state index contributed by atoms with van der Waals surface area (Å²) in [7, 11) is 0. The van der Waals surface area contributed by atoms with Crippen molar-refractivity contribution < 1.29 is 33.3 Å². The predicted molar refractivity (Wildman–Crippen MR) is 165 cm³/mol. The molecular formula is C31H32N4O7S. The van der Waals surface area contributed by atoms with E-state index in [4.69, 9.17) is 31.2 Å². The quantitative estimate of drug-likeness (QED) is 0.122. The van der Waals surface area contributed by atoms with Gasteiger partial charge in [0.15, 0.2) is 18.3 Å². The molecule has 0 aliphatic carbocycles. The Hall–Kier alpha value is -4.97. The highest BCUT2D eigenvalue weighted by Crippen LogP contribution is 2.33. The van der Waals surface area contributed by atoms with Gasteiger partial charge in [-0.05, 0) is 55.9 Å². The van der Waals surface area contributed by atoms with E-state index in [-0.39, 0.29) is 26.4 Å². The Morgan fingerprint density at radius 2 is 1.65 bits per heavy atom. The highest BCUT2D eigenvalue weighted by atomic mass is 32.1. The minimum atomic E-state index is -0.649. The van der Waals surface area contributed by atoms with Gasteiger partial charge in [-0.3, -0.25) is 4.79 Å². The number of ether oxygens (including phenoxy) is 4. The average Bonchev–Trinajstić information content (AvgIpc) is 2.99. The Bertz CT molecular complexity index is 1590. The summed E-state index contributed by atoms with van der Waals surface area (Å²) in [4.78, 5) is 37.3. The zero-order valence-corrected chi connectivity index (χ0v) is 24.8. The molecular weight excluding hydrogens is 572 g/mol. The van der Waals surface area contributed by atoms with Crippen molar-refractivity contribution in [3.05, 3.63) is 83.1 Å². The number of nitrogens with one attached hydrogen (secondary N) is 3. The molecule has 1 aliphatic rings. The van der Waals surface area contributed by atoms with Crippen molar-refractivity contribution in [3.63, 3.8) is 0 Å². The van der Waals surface area contributed by atoms with Crippen molar-refractivity contribution >= 4 is 52.2 Å². The van der Waals surface area contributed by atoms with E-state index in [1.54, 1.807) is 51.1 Å². The fourth-order valence-electron chi connectivity index (χ4n) is 4.48. The van der Waals surface area contributed by atoms with Gasteiger partial charge in [-0.1, -0.05) is 48.5 Å². The lowest BCUT2D eigenvalue weighted by Gasteiger charge is -2.30. The van der Waals surface area contributed by atoms with E-state index in [0.29, 0.717) is 39.0 Å². The van der Waals surface area contributed by atoms with Crippen LogP contribution in [0.5, 0.6) is 11.5 Å². The van der Waals surface area contributed by atoms with Gasteiger partial charge in [0, 0.05) is 16.8 Å². The monoisotopic (exact) mass is 604 g/mol. The molecule has 0 aromatic heterocycles. The minimum absolute atomic E-state index is 0.212. The first kappa shape index (κ1) is 31.0. The summed E-state index contributed by atoms with van der Waals surface area (Å²) in [6.45, 7) is 5.02. The highest BCUT2D eigenvalue weighted by Gasteiger charge is 2.32. The van der Waals surface area contributed by atoms with Gasteiger partial charge in [-0.2, -0.15) is 5.10 Å². The summed E-state index contributed by atoms with van der Waals surface area (Å²) in [5, 5.41) is 12.2. The van der Waals surface area contributed by atoms with Crippen LogP contribution in [0, 0.1) is 0 Å². The number of allylic oxidation sites excluding steroid dienone is 1. The Labute approximate surface area is 254 Å². The summed E-state index contributed by atoms with van der Waals surface area (Å²) >= 11 is 5.32. The standard InChI is InChI=1S/C31H32N4O7S/c1-4-39-27(37)18-42-25-15-14-20-10-6-7-11-21(20)23(25)16-32-35-26(36)17-41-24-13-9-8-12-22(24)29-28(30(38)40-5-2)19(3)33-31(43)34-29/h6-16,29H,4-5,17-18H2,1-3H3,(H,35,36)(H2,33,34,43)/t29-/m0/s1. The number of thiocarbonyl (C=S) groups is 1. The number of esters is 2. The number of carbonyl (C=O) groups is 3. The number of fused-ring (bicyclic) bond motifs is 1. The molecule has 3 N–H and O–H groups in total. The predicted octanol–water partition coefficient (Wildman–Crippen LogP) is 3.67. The summed E-state index contributed by atoms with van der Waals surface area (Å²) in [5.74, 6) is -0.726. The van der Waals surface area contributed by atoms with E-state index in [1.165, 1.54) is 6.21 Å². The first-order valence-electron chi connectivity index (χ1n) is 13.6. The molecule has 0 bridgehead atoms. The van der Waals surface area contributed by atoms with Crippen molar-refractivity contribution in [2.45, 2.75) is 26.8 Å². The third kappa shape index (κ3) is 7.86. The lowest BCUT2D eigenvalue weighted by atomic mass is 9.95. The smallest absolute Gasteiger partial charge is 0.344 e. The average molecular weight is 605 g/mol. The van der Waals surface area contributed by atoms with Crippen LogP contribution < -0.4 is 25.5 Å². The van der Waals surface area contributed by atoms with Crippen LogP contribution >= 0.6 is 12.2 Å². The second-order valence-electron chi connectivity index (χ2n) is 9.20. The molecule has 1 atom stereocenters. The van der Waals surface area contributed by atoms with Crippen molar-refractivity contribution in [1.29, 1.82) is 0 Å². The highest BCUT2D eigenvalue weighted by molar-refractivity contribution is 7.80. The van der Waals surface area contributed by atoms with Crippen molar-refractivity contribution in [2.75, 3.05) is 26.4 Å². The molecule has 0 saturated heterocycles. The van der Waals surface area contributed by atoms with E-state index in [9.17, 15) is 14.4 Å². The molecule has 224 valence electrons. The van der Waals surface area contributed by atoms with Crippen LogP contribution in [-0.2, 0) is 23.9 Å². The van der Waals surface area contributed by atoms with Crippen molar-refractivity contribution in [3.8, 4) is 11.5 Å². The van der Waals surface area contributed by atoms with Gasteiger partial charge in [0.1, 0.15) is 11.5 Å². The van der Waals surface area contributed by atoms with Gasteiger partial charge in [0.2, 0.25) is 0 Å². The van der Waals surface area contributed by atoms with E-state index in [0.717, 1.165) is 10.8 Å². The molecule has 0 saturated carbocycles. The van der Waals surface area contributed by atoms with Gasteiger partial charge in [0.25, 0.3) is 5.91 Å². The minimum Gasteiger partial charge on any atom is -0.483 e. The number of hydrogen-bond acceptors (Lipinski definition) is 9. The fraction of sp³-hybridized carbons (Fsp3) is 0.258. The molecule has 3 aromatic rings. The molecule has 1 heterocycles. The molecule has 1 amide bonds. The molecule has 0 unspecified atom stereocenters. The normalized spacial score (nSPS) is 14.6. The molecule has 3 aromatic carbocycles. The first-order chi connectivity index (χ1) is 20.8. The van der Waals surface area contributed by atoms with Crippen LogP contribution in [-0.4, -0.2) is 55.6 Å². The molecule has 43 heavy (non-hydrogen) atoms. The molecule has 1 aliphatic heterocycles. The maximum Gasteiger partial charge on any atom is 0.344 e. The van der Waals surface area contributed by atoms with E-state index >= 15 is 0 Å². The molecule has 4 rings (SSSR count). The largest absolute Gasteiger partial charge is 0.483 e. The van der Waals surface area contributed by atoms with Gasteiger partial charge < -0.3 is 29.6 Å². The number of para-hydroxylation sites is 1. The Morgan fingerprint density at radius 3 is 2.44 bits per heavy atom. The summed E-state index contributed by atoms with van der Waals surface area (Å²) in [6.07, 6.45) is 1.45. The molecule has 11 nitrogen and oxygen atoms in total. The van der Waals surface area contributed by atoms with Gasteiger partial charge in [-0.15, -0.1) is 0 Å². The van der Waals surface area contributed by atoms with Crippen molar-refractivity contribution in [2.24, 2.45) is 5.10 Å². The van der Waals surface area contributed by atoms with E-state index in [2.05, 4.69) is 21.2 Å². The summed E-state index contributed by atoms with van der Waals surface area (Å²) < 4.78 is 21.7. The number of hydrazone groups is 1. The number of carbonyl (C=O) groups excluding carboxylic acids is 3. The zero-order chi connectivity index (χ0) is 30.8. The number of benzene rings is 3. The number of hydrogen-bond donors (Lipinski definition) is 3. The number of amides is 1. The van der Waals surface area contributed by atoms with Gasteiger partial charge in [-0.25, -0.2) is 15.0 Å².